The van der Waals surface area contributed by atoms with Crippen LogP contribution in [0.15, 0.2) is 4.42 Å². The molecule has 18 heavy (non-hydrogen) atoms. The van der Waals surface area contributed by atoms with Crippen molar-refractivity contribution in [1.82, 2.24) is 15.5 Å². The van der Waals surface area contributed by atoms with E-state index in [-0.39, 0.29) is 5.41 Å². The Morgan fingerprint density at radius 3 is 2.72 bits per heavy atom. The molecule has 0 bridgehead atoms. The lowest BCUT2D eigenvalue weighted by atomic mass is 9.89. The summed E-state index contributed by atoms with van der Waals surface area (Å²) in [7, 11) is 0. The quantitative estimate of drug-likeness (QED) is 0.757. The van der Waals surface area contributed by atoms with E-state index in [4.69, 9.17) is 4.42 Å². The van der Waals surface area contributed by atoms with Crippen molar-refractivity contribution < 1.29 is 4.42 Å². The Balaban J connectivity index is 1.79. The van der Waals surface area contributed by atoms with Gasteiger partial charge in [0.25, 0.3) is 0 Å². The summed E-state index contributed by atoms with van der Waals surface area (Å²) in [5, 5.41) is 11.8. The smallest absolute Gasteiger partial charge is 0.222 e. The predicted octanol–water partition coefficient (Wildman–Crippen LogP) is 2.83. The van der Waals surface area contributed by atoms with Gasteiger partial charge < -0.3 is 9.73 Å². The summed E-state index contributed by atoms with van der Waals surface area (Å²) in [6.45, 7) is 6.55. The molecule has 0 aromatic carbocycles. The number of aryl methyl sites for hydroxylation is 1. The molecule has 102 valence electrons. The van der Waals surface area contributed by atoms with Gasteiger partial charge in [0.15, 0.2) is 0 Å². The largest absolute Gasteiger partial charge is 0.425 e. The maximum Gasteiger partial charge on any atom is 0.222 e. The molecule has 1 N–H and O–H groups in total. The Kier molecular flexibility index (Phi) is 4.75. The zero-order valence-corrected chi connectivity index (χ0v) is 11.7. The van der Waals surface area contributed by atoms with Crippen LogP contribution in [0.1, 0.15) is 64.2 Å². The zero-order chi connectivity index (χ0) is 12.8. The fourth-order valence-corrected chi connectivity index (χ4v) is 2.63. The molecule has 0 aliphatic heterocycles. The summed E-state index contributed by atoms with van der Waals surface area (Å²) in [5.74, 6) is 1.66. The van der Waals surface area contributed by atoms with Crippen LogP contribution in [-0.4, -0.2) is 23.3 Å². The van der Waals surface area contributed by atoms with Gasteiger partial charge in [-0.15, -0.1) is 10.2 Å². The molecule has 0 spiro atoms. The van der Waals surface area contributed by atoms with Crippen LogP contribution in [0.25, 0.3) is 0 Å². The van der Waals surface area contributed by atoms with E-state index in [1.54, 1.807) is 0 Å². The van der Waals surface area contributed by atoms with Gasteiger partial charge in [-0.1, -0.05) is 26.7 Å². The number of aromatic nitrogens is 2. The standard InChI is InChI=1S/C14H25N3O/c1-3-10-15-11-6-7-12-16-17-13(18-12)14(2)8-4-5-9-14/h15H,3-11H2,1-2H3. The molecule has 0 amide bonds. The van der Waals surface area contributed by atoms with Gasteiger partial charge in [0.2, 0.25) is 11.8 Å². The summed E-state index contributed by atoms with van der Waals surface area (Å²) < 4.78 is 5.83. The molecule has 0 radical (unpaired) electrons. The second-order valence-corrected chi connectivity index (χ2v) is 5.62. The molecule has 1 saturated carbocycles. The lowest BCUT2D eigenvalue weighted by Gasteiger charge is -2.17. The van der Waals surface area contributed by atoms with Gasteiger partial charge in [-0.2, -0.15) is 0 Å². The molecule has 0 saturated heterocycles. The molecule has 0 atom stereocenters. The van der Waals surface area contributed by atoms with Gasteiger partial charge in [0.05, 0.1) is 0 Å². The monoisotopic (exact) mass is 251 g/mol. The number of nitrogens with one attached hydrogen (secondary N) is 1. The first-order valence-electron chi connectivity index (χ1n) is 7.28. The third kappa shape index (κ3) is 3.31. The highest BCUT2D eigenvalue weighted by atomic mass is 16.4. The van der Waals surface area contributed by atoms with Crippen molar-refractivity contribution in [1.29, 1.82) is 0 Å². The first-order valence-corrected chi connectivity index (χ1v) is 7.28. The fourth-order valence-electron chi connectivity index (χ4n) is 2.63. The highest BCUT2D eigenvalue weighted by Gasteiger charge is 2.35. The maximum atomic E-state index is 5.83. The summed E-state index contributed by atoms with van der Waals surface area (Å²) in [6, 6.07) is 0. The molecule has 1 fully saturated rings. The second-order valence-electron chi connectivity index (χ2n) is 5.62. The molecule has 4 nitrogen and oxygen atoms in total. The second kappa shape index (κ2) is 6.32. The maximum absolute atomic E-state index is 5.83. The van der Waals surface area contributed by atoms with E-state index in [9.17, 15) is 0 Å². The van der Waals surface area contributed by atoms with E-state index in [2.05, 4.69) is 29.4 Å². The summed E-state index contributed by atoms with van der Waals surface area (Å²) in [5.41, 5.74) is 0.145. The van der Waals surface area contributed by atoms with Gasteiger partial charge in [0.1, 0.15) is 0 Å². The van der Waals surface area contributed by atoms with E-state index < -0.39 is 0 Å². The number of nitrogens with zero attached hydrogens (tertiary/aromatic N) is 2. The SMILES string of the molecule is CCCNCCCc1nnc(C2(C)CCCC2)o1. The molecule has 0 unspecified atom stereocenters. The molecule has 1 aliphatic rings. The molecular formula is C14H25N3O. The van der Waals surface area contributed by atoms with E-state index >= 15 is 0 Å². The Labute approximate surface area is 110 Å². The average molecular weight is 251 g/mol. The van der Waals surface area contributed by atoms with Crippen molar-refractivity contribution in [3.8, 4) is 0 Å². The third-order valence-electron chi connectivity index (χ3n) is 3.86. The molecule has 1 heterocycles. The normalized spacial score (nSPS) is 18.3. The van der Waals surface area contributed by atoms with Crippen LogP contribution in [0.2, 0.25) is 0 Å². The highest BCUT2D eigenvalue weighted by molar-refractivity contribution is 5.04. The molecule has 2 rings (SSSR count). The van der Waals surface area contributed by atoms with Crippen LogP contribution >= 0.6 is 0 Å². The summed E-state index contributed by atoms with van der Waals surface area (Å²) in [6.07, 6.45) is 8.09. The molecule has 1 aliphatic carbocycles. The van der Waals surface area contributed by atoms with E-state index in [1.165, 1.54) is 32.1 Å². The fraction of sp³-hybridized carbons (Fsp3) is 0.857. The molecular weight excluding hydrogens is 226 g/mol. The topological polar surface area (TPSA) is 51.0 Å². The molecule has 1 aromatic heterocycles. The molecule has 4 heteroatoms. The summed E-state index contributed by atoms with van der Waals surface area (Å²) >= 11 is 0. The third-order valence-corrected chi connectivity index (χ3v) is 3.86. The van der Waals surface area contributed by atoms with Gasteiger partial charge in [-0.25, -0.2) is 0 Å². The predicted molar refractivity (Wildman–Crippen MR) is 71.6 cm³/mol. The zero-order valence-electron chi connectivity index (χ0n) is 11.7. The van der Waals surface area contributed by atoms with Gasteiger partial charge >= 0.3 is 0 Å². The van der Waals surface area contributed by atoms with Gasteiger partial charge in [-0.05, 0) is 38.8 Å². The average Bonchev–Trinajstić information content (AvgIpc) is 2.99. The van der Waals surface area contributed by atoms with Crippen LogP contribution in [0.5, 0.6) is 0 Å². The summed E-state index contributed by atoms with van der Waals surface area (Å²) in [4.78, 5) is 0. The lowest BCUT2D eigenvalue weighted by molar-refractivity contribution is 0.335. The van der Waals surface area contributed by atoms with Crippen molar-refractivity contribution in [3.05, 3.63) is 11.8 Å². The number of hydrogen-bond donors (Lipinski definition) is 1. The Hall–Kier alpha value is -0.900. The van der Waals surface area contributed by atoms with Crippen LogP contribution in [0.3, 0.4) is 0 Å². The first kappa shape index (κ1) is 13.5. The van der Waals surface area contributed by atoms with Crippen LogP contribution in [-0.2, 0) is 11.8 Å². The van der Waals surface area contributed by atoms with Gasteiger partial charge in [0, 0.05) is 11.8 Å². The van der Waals surface area contributed by atoms with Crippen LogP contribution in [0.4, 0.5) is 0 Å². The van der Waals surface area contributed by atoms with Crippen molar-refractivity contribution in [2.75, 3.05) is 13.1 Å². The minimum Gasteiger partial charge on any atom is -0.425 e. The number of hydrogen-bond acceptors (Lipinski definition) is 4. The van der Waals surface area contributed by atoms with E-state index in [0.29, 0.717) is 0 Å². The van der Waals surface area contributed by atoms with Crippen LogP contribution < -0.4 is 5.32 Å². The van der Waals surface area contributed by atoms with E-state index in [0.717, 1.165) is 37.7 Å². The van der Waals surface area contributed by atoms with Crippen molar-refractivity contribution in [3.63, 3.8) is 0 Å². The van der Waals surface area contributed by atoms with Crippen molar-refractivity contribution >= 4 is 0 Å². The van der Waals surface area contributed by atoms with E-state index in [1.807, 2.05) is 0 Å². The number of rotatable bonds is 7. The Bertz CT molecular complexity index is 356. The van der Waals surface area contributed by atoms with Crippen molar-refractivity contribution in [2.24, 2.45) is 0 Å². The minimum atomic E-state index is 0.145. The lowest BCUT2D eigenvalue weighted by Crippen LogP contribution is -2.17. The first-order chi connectivity index (χ1) is 8.74. The molecule has 1 aromatic rings. The Morgan fingerprint density at radius 1 is 1.22 bits per heavy atom. The van der Waals surface area contributed by atoms with Crippen molar-refractivity contribution in [2.45, 2.75) is 64.2 Å². The highest BCUT2D eigenvalue weighted by Crippen LogP contribution is 2.39. The Morgan fingerprint density at radius 2 is 2.00 bits per heavy atom. The van der Waals surface area contributed by atoms with Gasteiger partial charge in [-0.3, -0.25) is 0 Å². The minimum absolute atomic E-state index is 0.145. The van der Waals surface area contributed by atoms with Crippen LogP contribution in [0, 0.1) is 0 Å².